The molecule has 0 aliphatic rings. The van der Waals surface area contributed by atoms with Crippen molar-refractivity contribution in [2.24, 2.45) is 5.92 Å². The van der Waals surface area contributed by atoms with Crippen LogP contribution < -0.4 is 4.74 Å². The van der Waals surface area contributed by atoms with Gasteiger partial charge in [-0.25, -0.2) is 4.79 Å². The summed E-state index contributed by atoms with van der Waals surface area (Å²) in [6, 6.07) is 3.31. The van der Waals surface area contributed by atoms with E-state index in [9.17, 15) is 14.4 Å². The molecule has 0 aliphatic heterocycles. The maximum Gasteiger partial charge on any atom is 0.514 e. The van der Waals surface area contributed by atoms with Crippen LogP contribution in [-0.2, 0) is 26.2 Å². The zero-order valence-electron chi connectivity index (χ0n) is 16.9. The lowest BCUT2D eigenvalue weighted by Crippen LogP contribution is -2.27. The Balaban J connectivity index is 3.32. The van der Waals surface area contributed by atoms with Crippen LogP contribution in [0.4, 0.5) is 4.79 Å². The van der Waals surface area contributed by atoms with Gasteiger partial charge in [-0.3, -0.25) is 9.59 Å². The first-order valence-corrected chi connectivity index (χ1v) is 8.62. The number of carboxylic acid groups (broad SMARTS) is 2. The highest BCUT2D eigenvalue weighted by Gasteiger charge is 2.29. The summed E-state index contributed by atoms with van der Waals surface area (Å²) in [5, 5.41) is 18.3. The third kappa shape index (κ3) is 6.58. The van der Waals surface area contributed by atoms with Crippen LogP contribution in [0, 0.1) is 12.8 Å². The van der Waals surface area contributed by atoms with Gasteiger partial charge in [-0.1, -0.05) is 26.8 Å². The van der Waals surface area contributed by atoms with Gasteiger partial charge in [0, 0.05) is 5.56 Å². The van der Waals surface area contributed by atoms with Gasteiger partial charge in [-0.05, 0) is 56.7 Å². The first-order chi connectivity index (χ1) is 12.1. The molecule has 7 nitrogen and oxygen atoms in total. The standard InChI is InChI=1S/C20H28O7/c1-11-8-15(26-18(25)27-20(5,6)7)14(19(2,3)4)10-12(11)9-13(16(21)22)17(23)24/h8,10,13H,9H2,1-7H3,(H,21,22)(H,23,24). The van der Waals surface area contributed by atoms with Crippen LogP contribution in [0.25, 0.3) is 0 Å². The minimum absolute atomic E-state index is 0.160. The van der Waals surface area contributed by atoms with Gasteiger partial charge in [0.05, 0.1) is 0 Å². The van der Waals surface area contributed by atoms with Gasteiger partial charge in [0.2, 0.25) is 0 Å². The lowest BCUT2D eigenvalue weighted by molar-refractivity contribution is -0.154. The molecule has 1 aromatic rings. The second-order valence-electron chi connectivity index (χ2n) is 8.52. The molecule has 2 N–H and O–H groups in total. The largest absolute Gasteiger partial charge is 0.514 e. The van der Waals surface area contributed by atoms with E-state index in [4.69, 9.17) is 19.7 Å². The number of carboxylic acids is 2. The van der Waals surface area contributed by atoms with Crippen LogP contribution in [0.15, 0.2) is 12.1 Å². The lowest BCUT2D eigenvalue weighted by atomic mass is 9.83. The van der Waals surface area contributed by atoms with Crippen molar-refractivity contribution in [2.45, 2.75) is 65.9 Å². The van der Waals surface area contributed by atoms with E-state index in [-0.39, 0.29) is 6.42 Å². The van der Waals surface area contributed by atoms with Gasteiger partial charge in [-0.2, -0.15) is 0 Å². The molecule has 0 saturated carbocycles. The van der Waals surface area contributed by atoms with Crippen LogP contribution in [0.5, 0.6) is 5.75 Å². The molecule has 0 bridgehead atoms. The molecule has 1 rings (SSSR count). The zero-order chi connectivity index (χ0) is 21.2. The van der Waals surface area contributed by atoms with Gasteiger partial charge in [0.15, 0.2) is 5.92 Å². The number of hydrogen-bond acceptors (Lipinski definition) is 5. The van der Waals surface area contributed by atoms with Crippen LogP contribution in [0.1, 0.15) is 58.2 Å². The molecule has 0 heterocycles. The van der Waals surface area contributed by atoms with E-state index in [0.29, 0.717) is 22.4 Å². The Bertz CT molecular complexity index is 722. The van der Waals surface area contributed by atoms with Crippen molar-refractivity contribution < 1.29 is 34.1 Å². The molecule has 0 fully saturated rings. The molecule has 7 heteroatoms. The predicted molar refractivity (Wildman–Crippen MR) is 99.2 cm³/mol. The summed E-state index contributed by atoms with van der Waals surface area (Å²) in [5.41, 5.74) is 0.732. The first kappa shape index (κ1) is 22.5. The molecule has 1 aromatic carbocycles. The van der Waals surface area contributed by atoms with Gasteiger partial charge >= 0.3 is 18.1 Å². The Morgan fingerprint density at radius 2 is 1.52 bits per heavy atom. The zero-order valence-corrected chi connectivity index (χ0v) is 16.9. The average Bonchev–Trinajstić information content (AvgIpc) is 2.41. The molecule has 0 radical (unpaired) electrons. The van der Waals surface area contributed by atoms with Crippen LogP contribution in [-0.4, -0.2) is 33.9 Å². The van der Waals surface area contributed by atoms with Gasteiger partial charge in [0.1, 0.15) is 11.4 Å². The minimum Gasteiger partial charge on any atom is -0.481 e. The van der Waals surface area contributed by atoms with E-state index < -0.39 is 35.0 Å². The number of rotatable bonds is 5. The highest BCUT2D eigenvalue weighted by atomic mass is 16.7. The summed E-state index contributed by atoms with van der Waals surface area (Å²) in [4.78, 5) is 34.5. The van der Waals surface area contributed by atoms with E-state index >= 15 is 0 Å². The van der Waals surface area contributed by atoms with E-state index in [0.717, 1.165) is 0 Å². The quantitative estimate of drug-likeness (QED) is 0.452. The summed E-state index contributed by atoms with van der Waals surface area (Å²) < 4.78 is 10.6. The molecular weight excluding hydrogens is 352 g/mol. The summed E-state index contributed by atoms with van der Waals surface area (Å²) in [7, 11) is 0. The van der Waals surface area contributed by atoms with Crippen molar-refractivity contribution >= 4 is 18.1 Å². The molecule has 0 unspecified atom stereocenters. The smallest absolute Gasteiger partial charge is 0.481 e. The van der Waals surface area contributed by atoms with E-state index in [1.807, 2.05) is 20.8 Å². The summed E-state index contributed by atoms with van der Waals surface area (Å²) in [6.07, 6.45) is -0.999. The van der Waals surface area contributed by atoms with Gasteiger partial charge < -0.3 is 19.7 Å². The number of ether oxygens (including phenoxy) is 2. The molecule has 0 aliphatic carbocycles. The van der Waals surface area contributed by atoms with Crippen molar-refractivity contribution in [2.75, 3.05) is 0 Å². The van der Waals surface area contributed by atoms with E-state index in [1.165, 1.54) is 0 Å². The molecule has 0 aromatic heterocycles. The van der Waals surface area contributed by atoms with Crippen molar-refractivity contribution in [3.8, 4) is 5.75 Å². The summed E-state index contributed by atoms with van der Waals surface area (Å²) in [6.45, 7) is 12.6. The second-order valence-corrected chi connectivity index (χ2v) is 8.52. The van der Waals surface area contributed by atoms with Crippen molar-refractivity contribution in [1.82, 2.24) is 0 Å². The molecule has 150 valence electrons. The fraction of sp³-hybridized carbons (Fsp3) is 0.550. The highest BCUT2D eigenvalue weighted by Crippen LogP contribution is 2.35. The van der Waals surface area contributed by atoms with Gasteiger partial charge in [-0.15, -0.1) is 0 Å². The molecule has 0 atom stereocenters. The number of carbonyl (C=O) groups is 3. The van der Waals surface area contributed by atoms with Crippen molar-refractivity contribution in [3.05, 3.63) is 28.8 Å². The second kappa shape index (κ2) is 7.98. The molecule has 0 saturated heterocycles. The maximum atomic E-state index is 12.1. The molecule has 0 spiro atoms. The van der Waals surface area contributed by atoms with E-state index in [2.05, 4.69) is 0 Å². The monoisotopic (exact) mass is 380 g/mol. The molecular formula is C20H28O7. The van der Waals surface area contributed by atoms with Gasteiger partial charge in [0.25, 0.3) is 0 Å². The Morgan fingerprint density at radius 3 is 1.93 bits per heavy atom. The van der Waals surface area contributed by atoms with Crippen molar-refractivity contribution in [3.63, 3.8) is 0 Å². The topological polar surface area (TPSA) is 110 Å². The average molecular weight is 380 g/mol. The summed E-state index contributed by atoms with van der Waals surface area (Å²) >= 11 is 0. The number of carbonyl (C=O) groups excluding carboxylic acids is 1. The van der Waals surface area contributed by atoms with Crippen LogP contribution >= 0.6 is 0 Å². The Morgan fingerprint density at radius 1 is 1.00 bits per heavy atom. The Hall–Kier alpha value is -2.57. The predicted octanol–water partition coefficient (Wildman–Crippen LogP) is 3.93. The van der Waals surface area contributed by atoms with Crippen LogP contribution in [0.2, 0.25) is 0 Å². The molecule has 27 heavy (non-hydrogen) atoms. The Kier molecular flexibility index (Phi) is 6.64. The lowest BCUT2D eigenvalue weighted by Gasteiger charge is -2.25. The number of benzene rings is 1. The Labute approximate surface area is 159 Å². The maximum absolute atomic E-state index is 12.1. The summed E-state index contributed by atoms with van der Waals surface area (Å²) in [5.74, 6) is -4.03. The number of aryl methyl sites for hydroxylation is 1. The number of hydrogen-bond donors (Lipinski definition) is 2. The normalized spacial score (nSPS) is 12.0. The minimum atomic E-state index is -1.55. The third-order valence-electron chi connectivity index (χ3n) is 3.85. The highest BCUT2D eigenvalue weighted by molar-refractivity contribution is 5.93. The third-order valence-corrected chi connectivity index (χ3v) is 3.85. The van der Waals surface area contributed by atoms with Crippen molar-refractivity contribution in [1.29, 1.82) is 0 Å². The SMILES string of the molecule is Cc1cc(OC(=O)OC(C)(C)C)c(C(C)(C)C)cc1CC(C(=O)O)C(=O)O. The first-order valence-electron chi connectivity index (χ1n) is 8.62. The molecule has 0 amide bonds. The fourth-order valence-electron chi connectivity index (χ4n) is 2.48. The number of aliphatic carboxylic acids is 2. The van der Waals surface area contributed by atoms with E-state index in [1.54, 1.807) is 39.8 Å². The fourth-order valence-corrected chi connectivity index (χ4v) is 2.48. The van der Waals surface area contributed by atoms with Crippen LogP contribution in [0.3, 0.4) is 0 Å².